The van der Waals surface area contributed by atoms with Crippen molar-refractivity contribution >= 4 is 11.8 Å². The highest BCUT2D eigenvalue weighted by Gasteiger charge is 2.15. The Labute approximate surface area is 98.6 Å². The lowest BCUT2D eigenvalue weighted by atomic mass is 9.89. The van der Waals surface area contributed by atoms with Crippen molar-refractivity contribution in [1.82, 2.24) is 0 Å². The molecule has 0 aromatic heterocycles. The summed E-state index contributed by atoms with van der Waals surface area (Å²) < 4.78 is 0. The first-order valence-electron chi connectivity index (χ1n) is 5.76. The van der Waals surface area contributed by atoms with Crippen LogP contribution in [0.15, 0.2) is 0 Å². The minimum absolute atomic E-state index is 0.148. The molecule has 0 saturated heterocycles. The number of nitrogens with two attached hydrogens (primary N) is 1. The van der Waals surface area contributed by atoms with Crippen LogP contribution >= 0.6 is 11.8 Å². The Morgan fingerprint density at radius 1 is 1.40 bits per heavy atom. The van der Waals surface area contributed by atoms with Gasteiger partial charge in [0, 0.05) is 11.8 Å². The molecule has 0 rings (SSSR count). The molecule has 1 atom stereocenters. The Kier molecular flexibility index (Phi) is 7.90. The van der Waals surface area contributed by atoms with Crippen molar-refractivity contribution in [2.45, 2.75) is 52.5 Å². The fraction of sp³-hybridized carbons (Fsp3) is 0.917. The Morgan fingerprint density at radius 2 is 2.07 bits per heavy atom. The van der Waals surface area contributed by atoms with E-state index < -0.39 is 0 Å². The van der Waals surface area contributed by atoms with Crippen LogP contribution in [0.2, 0.25) is 0 Å². The number of hydrogen-bond acceptors (Lipinski definition) is 3. The van der Waals surface area contributed by atoms with Crippen LogP contribution in [0, 0.1) is 16.7 Å². The topological polar surface area (TPSA) is 49.8 Å². The number of nitriles is 1. The molecule has 0 aromatic rings. The molecule has 0 aromatic carbocycles. The maximum atomic E-state index is 8.83. The SMILES string of the molecule is CCC(N)CSCCCCC(C)(C)C#N. The van der Waals surface area contributed by atoms with Gasteiger partial charge < -0.3 is 5.73 Å². The molecular formula is C12H24N2S. The van der Waals surface area contributed by atoms with Gasteiger partial charge in [0.15, 0.2) is 0 Å². The number of unbranched alkanes of at least 4 members (excludes halogenated alkanes) is 1. The third-order valence-corrected chi connectivity index (χ3v) is 3.74. The molecule has 15 heavy (non-hydrogen) atoms. The van der Waals surface area contributed by atoms with Gasteiger partial charge in [-0.1, -0.05) is 13.3 Å². The molecule has 0 fully saturated rings. The molecule has 0 saturated carbocycles. The van der Waals surface area contributed by atoms with E-state index in [1.807, 2.05) is 25.6 Å². The molecule has 0 bridgehead atoms. The summed E-state index contributed by atoms with van der Waals surface area (Å²) in [5.41, 5.74) is 5.67. The highest BCUT2D eigenvalue weighted by Crippen LogP contribution is 2.22. The summed E-state index contributed by atoms with van der Waals surface area (Å²) in [6, 6.07) is 2.69. The van der Waals surface area contributed by atoms with Crippen molar-refractivity contribution in [3.8, 4) is 6.07 Å². The molecule has 88 valence electrons. The summed E-state index contributed by atoms with van der Waals surface area (Å²) in [6.45, 7) is 6.14. The van der Waals surface area contributed by atoms with E-state index in [9.17, 15) is 0 Å². The van der Waals surface area contributed by atoms with Gasteiger partial charge in [0.05, 0.1) is 11.5 Å². The molecule has 0 radical (unpaired) electrons. The average Bonchev–Trinajstić information content (AvgIpc) is 2.22. The zero-order valence-corrected chi connectivity index (χ0v) is 11.1. The van der Waals surface area contributed by atoms with Gasteiger partial charge in [0.1, 0.15) is 0 Å². The molecule has 0 aliphatic carbocycles. The van der Waals surface area contributed by atoms with Gasteiger partial charge in [0.25, 0.3) is 0 Å². The van der Waals surface area contributed by atoms with Gasteiger partial charge in [-0.05, 0) is 38.9 Å². The van der Waals surface area contributed by atoms with Crippen molar-refractivity contribution in [2.24, 2.45) is 11.1 Å². The fourth-order valence-electron chi connectivity index (χ4n) is 1.18. The Balaban J connectivity index is 3.30. The monoisotopic (exact) mass is 228 g/mol. The molecule has 0 spiro atoms. The first kappa shape index (κ1) is 14.8. The first-order valence-corrected chi connectivity index (χ1v) is 6.92. The Bertz CT molecular complexity index is 196. The Hall–Kier alpha value is -0.200. The van der Waals surface area contributed by atoms with E-state index in [1.54, 1.807) is 0 Å². The van der Waals surface area contributed by atoms with Gasteiger partial charge in [0.2, 0.25) is 0 Å². The van der Waals surface area contributed by atoms with E-state index in [-0.39, 0.29) is 5.41 Å². The van der Waals surface area contributed by atoms with Crippen LogP contribution < -0.4 is 5.73 Å². The second-order valence-corrected chi connectivity index (χ2v) is 5.85. The maximum Gasteiger partial charge on any atom is 0.0683 e. The summed E-state index contributed by atoms with van der Waals surface area (Å²) in [6.07, 6.45) is 4.42. The molecule has 2 nitrogen and oxygen atoms in total. The summed E-state index contributed by atoms with van der Waals surface area (Å²) in [4.78, 5) is 0. The standard InChI is InChI=1S/C12H24N2S/c1-4-11(14)9-15-8-6-5-7-12(2,3)10-13/h11H,4-9,14H2,1-3H3. The van der Waals surface area contributed by atoms with Crippen LogP contribution in [0.3, 0.4) is 0 Å². The van der Waals surface area contributed by atoms with Crippen molar-refractivity contribution in [3.63, 3.8) is 0 Å². The van der Waals surface area contributed by atoms with E-state index in [1.165, 1.54) is 12.2 Å². The largest absolute Gasteiger partial charge is 0.327 e. The summed E-state index contributed by atoms with van der Waals surface area (Å²) in [5, 5.41) is 8.83. The highest BCUT2D eigenvalue weighted by molar-refractivity contribution is 7.99. The van der Waals surface area contributed by atoms with Gasteiger partial charge in [-0.2, -0.15) is 17.0 Å². The van der Waals surface area contributed by atoms with Gasteiger partial charge in [-0.25, -0.2) is 0 Å². The number of rotatable bonds is 8. The lowest BCUT2D eigenvalue weighted by molar-refractivity contribution is 0.433. The molecule has 3 heteroatoms. The van der Waals surface area contributed by atoms with Gasteiger partial charge in [-0.15, -0.1) is 0 Å². The predicted octanol–water partition coefficient (Wildman–Crippen LogP) is 3.18. The molecular weight excluding hydrogens is 204 g/mol. The van der Waals surface area contributed by atoms with Crippen LogP contribution in [-0.2, 0) is 0 Å². The third kappa shape index (κ3) is 8.77. The lowest BCUT2D eigenvalue weighted by Gasteiger charge is -2.14. The number of thioether (sulfide) groups is 1. The zero-order valence-electron chi connectivity index (χ0n) is 10.3. The second-order valence-electron chi connectivity index (χ2n) is 4.70. The van der Waals surface area contributed by atoms with E-state index in [0.29, 0.717) is 6.04 Å². The van der Waals surface area contributed by atoms with E-state index in [0.717, 1.165) is 25.0 Å². The molecule has 0 amide bonds. The lowest BCUT2D eigenvalue weighted by Crippen LogP contribution is -2.21. The number of hydrogen-bond donors (Lipinski definition) is 1. The minimum atomic E-state index is -0.148. The van der Waals surface area contributed by atoms with Crippen molar-refractivity contribution in [3.05, 3.63) is 0 Å². The second kappa shape index (κ2) is 8.01. The van der Waals surface area contributed by atoms with Crippen LogP contribution in [0.5, 0.6) is 0 Å². The molecule has 2 N–H and O–H groups in total. The zero-order chi connectivity index (χ0) is 11.7. The predicted molar refractivity (Wildman–Crippen MR) is 68.8 cm³/mol. The highest BCUT2D eigenvalue weighted by atomic mass is 32.2. The molecule has 1 unspecified atom stereocenters. The number of nitrogens with zero attached hydrogens (tertiary/aromatic N) is 1. The van der Waals surface area contributed by atoms with E-state index >= 15 is 0 Å². The van der Waals surface area contributed by atoms with Crippen LogP contribution in [0.4, 0.5) is 0 Å². The first-order chi connectivity index (χ1) is 7.02. The summed E-state index contributed by atoms with van der Waals surface area (Å²) in [7, 11) is 0. The smallest absolute Gasteiger partial charge is 0.0683 e. The van der Waals surface area contributed by atoms with Crippen LogP contribution in [0.25, 0.3) is 0 Å². The van der Waals surface area contributed by atoms with Crippen molar-refractivity contribution in [2.75, 3.05) is 11.5 Å². The summed E-state index contributed by atoms with van der Waals surface area (Å²) >= 11 is 1.94. The molecule has 0 aliphatic heterocycles. The Morgan fingerprint density at radius 3 is 2.60 bits per heavy atom. The molecule has 0 heterocycles. The minimum Gasteiger partial charge on any atom is -0.327 e. The molecule has 0 aliphatic rings. The van der Waals surface area contributed by atoms with E-state index in [2.05, 4.69) is 13.0 Å². The average molecular weight is 228 g/mol. The summed E-state index contributed by atoms with van der Waals surface area (Å²) in [5.74, 6) is 2.24. The van der Waals surface area contributed by atoms with Gasteiger partial charge in [-0.3, -0.25) is 0 Å². The van der Waals surface area contributed by atoms with Crippen LogP contribution in [0.1, 0.15) is 46.5 Å². The quantitative estimate of drug-likeness (QED) is 0.649. The normalized spacial score (nSPS) is 13.5. The van der Waals surface area contributed by atoms with Crippen LogP contribution in [-0.4, -0.2) is 17.5 Å². The fourth-order valence-corrected chi connectivity index (χ4v) is 2.29. The van der Waals surface area contributed by atoms with Crippen molar-refractivity contribution in [1.29, 1.82) is 5.26 Å². The van der Waals surface area contributed by atoms with E-state index in [4.69, 9.17) is 11.0 Å². The van der Waals surface area contributed by atoms with Gasteiger partial charge >= 0.3 is 0 Å². The van der Waals surface area contributed by atoms with Crippen molar-refractivity contribution < 1.29 is 0 Å². The third-order valence-electron chi connectivity index (χ3n) is 2.50. The maximum absolute atomic E-state index is 8.83.